The molecule has 1 unspecified atom stereocenters. The number of hydrogen-bond acceptors (Lipinski definition) is 3. The van der Waals surface area contributed by atoms with Crippen molar-refractivity contribution in [3.63, 3.8) is 0 Å². The first-order valence-electron chi connectivity index (χ1n) is 5.87. The number of nitrogens with zero attached hydrogens (tertiary/aromatic N) is 2. The summed E-state index contributed by atoms with van der Waals surface area (Å²) in [7, 11) is 3.48. The lowest BCUT2D eigenvalue weighted by molar-refractivity contribution is 0.0524. The Bertz CT molecular complexity index is 515. The third-order valence-corrected chi connectivity index (χ3v) is 2.97. The second kappa shape index (κ2) is 4.82. The van der Waals surface area contributed by atoms with E-state index >= 15 is 0 Å². The highest BCUT2D eigenvalue weighted by Gasteiger charge is 2.26. The Labute approximate surface area is 107 Å². The third kappa shape index (κ3) is 2.71. The number of ether oxygens (including phenoxy) is 1. The van der Waals surface area contributed by atoms with Crippen molar-refractivity contribution < 1.29 is 9.84 Å². The van der Waals surface area contributed by atoms with Gasteiger partial charge in [-0.1, -0.05) is 12.1 Å². The molecule has 0 saturated heterocycles. The van der Waals surface area contributed by atoms with Crippen LogP contribution in [0.3, 0.4) is 0 Å². The van der Waals surface area contributed by atoms with E-state index in [0.29, 0.717) is 12.1 Å². The van der Waals surface area contributed by atoms with Crippen LogP contribution in [0.25, 0.3) is 0 Å². The molecule has 1 heterocycles. The van der Waals surface area contributed by atoms with E-state index in [1.54, 1.807) is 18.7 Å². The summed E-state index contributed by atoms with van der Waals surface area (Å²) in [6.45, 7) is 1.78. The Kier molecular flexibility index (Phi) is 3.39. The molecule has 0 aliphatic carbocycles. The lowest BCUT2D eigenvalue weighted by atomic mass is 9.93. The molecule has 0 bridgehead atoms. The Morgan fingerprint density at radius 1 is 1.28 bits per heavy atom. The van der Waals surface area contributed by atoms with Gasteiger partial charge in [-0.05, 0) is 30.7 Å². The van der Waals surface area contributed by atoms with Crippen molar-refractivity contribution in [1.29, 1.82) is 0 Å². The number of hydrogen-bond donors (Lipinski definition) is 1. The summed E-state index contributed by atoms with van der Waals surface area (Å²) in [5.41, 5.74) is 0.767. The monoisotopic (exact) mass is 246 g/mol. The molecular formula is C14H18N2O2. The Hall–Kier alpha value is -1.81. The highest BCUT2D eigenvalue weighted by atomic mass is 16.5. The molecule has 0 aliphatic rings. The van der Waals surface area contributed by atoms with Gasteiger partial charge >= 0.3 is 0 Å². The van der Waals surface area contributed by atoms with E-state index < -0.39 is 5.60 Å². The van der Waals surface area contributed by atoms with E-state index in [9.17, 15) is 5.11 Å². The largest absolute Gasteiger partial charge is 0.497 e. The minimum absolute atomic E-state index is 0.522. The van der Waals surface area contributed by atoms with Gasteiger partial charge < -0.3 is 9.84 Å². The number of aliphatic hydroxyl groups is 1. The molecule has 2 rings (SSSR count). The van der Waals surface area contributed by atoms with Crippen molar-refractivity contribution in [2.24, 2.45) is 7.05 Å². The van der Waals surface area contributed by atoms with E-state index in [4.69, 9.17) is 4.74 Å². The second-order valence-corrected chi connectivity index (χ2v) is 4.67. The molecule has 0 saturated carbocycles. The van der Waals surface area contributed by atoms with Gasteiger partial charge in [0.1, 0.15) is 11.4 Å². The zero-order chi connectivity index (χ0) is 13.2. The first-order valence-corrected chi connectivity index (χ1v) is 5.87. The summed E-state index contributed by atoms with van der Waals surface area (Å²) < 4.78 is 6.80. The van der Waals surface area contributed by atoms with Crippen LogP contribution in [-0.2, 0) is 19.1 Å². The molecule has 96 valence electrons. The number of benzene rings is 1. The van der Waals surface area contributed by atoms with Crippen LogP contribution < -0.4 is 4.74 Å². The minimum atomic E-state index is -0.962. The van der Waals surface area contributed by atoms with Gasteiger partial charge in [-0.3, -0.25) is 4.68 Å². The molecule has 0 amide bonds. The van der Waals surface area contributed by atoms with Gasteiger partial charge in [-0.25, -0.2) is 0 Å². The van der Waals surface area contributed by atoms with Gasteiger partial charge in [-0.15, -0.1) is 0 Å². The average Bonchev–Trinajstić information content (AvgIpc) is 2.77. The number of methoxy groups -OCH3 is 1. The van der Waals surface area contributed by atoms with Crippen LogP contribution in [0.2, 0.25) is 0 Å². The fourth-order valence-electron chi connectivity index (χ4n) is 1.93. The Morgan fingerprint density at radius 3 is 2.44 bits per heavy atom. The summed E-state index contributed by atoms with van der Waals surface area (Å²) in [5.74, 6) is 0.816. The lowest BCUT2D eigenvalue weighted by Gasteiger charge is -2.21. The first kappa shape index (κ1) is 12.6. The molecule has 1 aromatic carbocycles. The van der Waals surface area contributed by atoms with Crippen molar-refractivity contribution in [2.75, 3.05) is 7.11 Å². The van der Waals surface area contributed by atoms with E-state index in [0.717, 1.165) is 11.3 Å². The summed E-state index contributed by atoms with van der Waals surface area (Å²) in [4.78, 5) is 0. The van der Waals surface area contributed by atoms with Crippen molar-refractivity contribution >= 4 is 0 Å². The summed E-state index contributed by atoms with van der Waals surface area (Å²) in [6, 6.07) is 9.53. The maximum atomic E-state index is 10.5. The molecule has 0 fully saturated rings. The van der Waals surface area contributed by atoms with Gasteiger partial charge in [0.2, 0.25) is 0 Å². The van der Waals surface area contributed by atoms with Crippen LogP contribution in [0.4, 0.5) is 0 Å². The van der Waals surface area contributed by atoms with Gasteiger partial charge in [-0.2, -0.15) is 5.10 Å². The van der Waals surface area contributed by atoms with Crippen LogP contribution in [0.15, 0.2) is 36.5 Å². The Morgan fingerprint density at radius 2 is 1.94 bits per heavy atom. The van der Waals surface area contributed by atoms with Crippen LogP contribution in [0.5, 0.6) is 5.75 Å². The van der Waals surface area contributed by atoms with Crippen molar-refractivity contribution in [2.45, 2.75) is 18.9 Å². The first-order chi connectivity index (χ1) is 8.51. The zero-order valence-electron chi connectivity index (χ0n) is 10.9. The van der Waals surface area contributed by atoms with E-state index in [2.05, 4.69) is 5.10 Å². The van der Waals surface area contributed by atoms with E-state index in [1.807, 2.05) is 43.6 Å². The average molecular weight is 246 g/mol. The maximum Gasteiger partial charge on any atom is 0.118 e. The minimum Gasteiger partial charge on any atom is -0.497 e. The predicted octanol–water partition coefficient (Wildman–Crippen LogP) is 1.88. The van der Waals surface area contributed by atoms with Crippen LogP contribution in [0.1, 0.15) is 18.2 Å². The van der Waals surface area contributed by atoms with Crippen LogP contribution >= 0.6 is 0 Å². The molecule has 1 aromatic heterocycles. The molecule has 18 heavy (non-hydrogen) atoms. The molecule has 2 aromatic rings. The smallest absolute Gasteiger partial charge is 0.118 e. The molecule has 0 radical (unpaired) electrons. The highest BCUT2D eigenvalue weighted by Crippen LogP contribution is 2.24. The SMILES string of the molecule is COc1ccc(CC(C)(O)c2ccn(C)n2)cc1. The molecule has 4 nitrogen and oxygen atoms in total. The van der Waals surface area contributed by atoms with E-state index in [-0.39, 0.29) is 0 Å². The van der Waals surface area contributed by atoms with Gasteiger partial charge in [0, 0.05) is 19.7 Å². The van der Waals surface area contributed by atoms with E-state index in [1.165, 1.54) is 0 Å². The number of rotatable bonds is 4. The normalized spacial score (nSPS) is 14.2. The molecule has 0 aliphatic heterocycles. The molecular weight excluding hydrogens is 228 g/mol. The maximum absolute atomic E-state index is 10.5. The predicted molar refractivity (Wildman–Crippen MR) is 69.5 cm³/mol. The Balaban J connectivity index is 2.16. The number of aromatic nitrogens is 2. The fraction of sp³-hybridized carbons (Fsp3) is 0.357. The third-order valence-electron chi connectivity index (χ3n) is 2.97. The molecule has 0 spiro atoms. The number of aryl methyl sites for hydroxylation is 1. The van der Waals surface area contributed by atoms with Crippen molar-refractivity contribution in [3.05, 3.63) is 47.8 Å². The highest BCUT2D eigenvalue weighted by molar-refractivity contribution is 5.29. The van der Waals surface area contributed by atoms with Gasteiger partial charge in [0.25, 0.3) is 0 Å². The topological polar surface area (TPSA) is 47.3 Å². The molecule has 1 atom stereocenters. The standard InChI is InChI=1S/C14H18N2O2/c1-14(17,13-8-9-16(2)15-13)10-11-4-6-12(18-3)7-5-11/h4-9,17H,10H2,1-3H3. The summed E-state index contributed by atoms with van der Waals surface area (Å²) in [6.07, 6.45) is 2.35. The van der Waals surface area contributed by atoms with Gasteiger partial charge in [0.05, 0.1) is 12.8 Å². The lowest BCUT2D eigenvalue weighted by Crippen LogP contribution is -2.25. The van der Waals surface area contributed by atoms with Crippen LogP contribution in [-0.4, -0.2) is 22.0 Å². The quantitative estimate of drug-likeness (QED) is 0.896. The summed E-state index contributed by atoms with van der Waals surface area (Å²) >= 11 is 0. The van der Waals surface area contributed by atoms with Gasteiger partial charge in [0.15, 0.2) is 0 Å². The molecule has 4 heteroatoms. The zero-order valence-corrected chi connectivity index (χ0v) is 10.9. The second-order valence-electron chi connectivity index (χ2n) is 4.67. The van der Waals surface area contributed by atoms with Crippen molar-refractivity contribution in [3.8, 4) is 5.75 Å². The van der Waals surface area contributed by atoms with Crippen molar-refractivity contribution in [1.82, 2.24) is 9.78 Å². The van der Waals surface area contributed by atoms with Crippen LogP contribution in [0, 0.1) is 0 Å². The fourth-order valence-corrected chi connectivity index (χ4v) is 1.93. The molecule has 1 N–H and O–H groups in total. The summed E-state index contributed by atoms with van der Waals surface area (Å²) in [5, 5.41) is 14.7.